The van der Waals surface area contributed by atoms with Crippen molar-refractivity contribution in [3.05, 3.63) is 47.9 Å². The Balaban J connectivity index is 1.16. The second-order valence-corrected chi connectivity index (χ2v) is 12.7. The van der Waals surface area contributed by atoms with Gasteiger partial charge in [-0.15, -0.1) is 0 Å². The van der Waals surface area contributed by atoms with Crippen LogP contribution in [0.2, 0.25) is 0 Å². The number of nitrogens with zero attached hydrogens (tertiary/aromatic N) is 4. The zero-order valence-corrected chi connectivity index (χ0v) is 23.0. The molecule has 0 N–H and O–H groups in total. The van der Waals surface area contributed by atoms with Gasteiger partial charge in [0.1, 0.15) is 5.76 Å². The van der Waals surface area contributed by atoms with Crippen LogP contribution in [-0.4, -0.2) is 33.5 Å². The molecule has 40 heavy (non-hydrogen) atoms. The van der Waals surface area contributed by atoms with Crippen molar-refractivity contribution in [3.8, 4) is 11.5 Å². The Morgan fingerprint density at radius 3 is 2.73 bits per heavy atom. The Kier molecular flexibility index (Phi) is 6.31. The topological polar surface area (TPSA) is 85.3 Å². The fourth-order valence-corrected chi connectivity index (χ4v) is 7.48. The van der Waals surface area contributed by atoms with Crippen LogP contribution in [0.15, 0.2) is 39.4 Å². The van der Waals surface area contributed by atoms with E-state index >= 15 is 0 Å². The summed E-state index contributed by atoms with van der Waals surface area (Å²) < 4.78 is 40.0. The molecule has 0 spiro atoms. The Hall–Kier alpha value is -3.10. The number of carbonyl (C=O) groups excluding carboxylic acids is 1. The van der Waals surface area contributed by atoms with Crippen LogP contribution in [0, 0.1) is 24.7 Å². The average Bonchev–Trinajstić information content (AvgIpc) is 3.32. The zero-order chi connectivity index (χ0) is 27.5. The molecule has 212 valence electrons. The molecule has 4 aliphatic rings. The number of rotatable bonds is 7. The fraction of sp³-hybridized carbons (Fsp3) is 0.613. The first-order chi connectivity index (χ1) is 19.3. The molecular formula is C31H36F2N4O3. The summed E-state index contributed by atoms with van der Waals surface area (Å²) in [5.74, 6) is 0.277. The molecule has 4 atom stereocenters. The van der Waals surface area contributed by atoms with E-state index in [9.17, 15) is 13.6 Å². The summed E-state index contributed by atoms with van der Waals surface area (Å²) in [5.41, 5.74) is 1.42. The van der Waals surface area contributed by atoms with E-state index in [-0.39, 0.29) is 36.5 Å². The number of carbonyl (C=O) groups is 1. The molecule has 2 heterocycles. The summed E-state index contributed by atoms with van der Waals surface area (Å²) in [7, 11) is 0. The van der Waals surface area contributed by atoms with Crippen LogP contribution >= 0.6 is 0 Å². The number of anilines is 1. The van der Waals surface area contributed by atoms with Crippen LogP contribution in [0.25, 0.3) is 11.5 Å². The van der Waals surface area contributed by atoms with Crippen LogP contribution in [0.3, 0.4) is 0 Å². The van der Waals surface area contributed by atoms with Gasteiger partial charge >= 0.3 is 0 Å². The van der Waals surface area contributed by atoms with Crippen LogP contribution in [0.1, 0.15) is 94.0 Å². The normalized spacial score (nSPS) is 29.4. The number of fused-ring (bicyclic) bond motifs is 2. The first-order valence-corrected chi connectivity index (χ1v) is 14.8. The summed E-state index contributed by atoms with van der Waals surface area (Å²) in [4.78, 5) is 24.9. The van der Waals surface area contributed by atoms with E-state index in [1.807, 2.05) is 37.4 Å². The zero-order valence-electron chi connectivity index (χ0n) is 23.0. The summed E-state index contributed by atoms with van der Waals surface area (Å²) in [6.07, 6.45) is 9.75. The van der Waals surface area contributed by atoms with Gasteiger partial charge in [0.25, 0.3) is 5.89 Å². The largest absolute Gasteiger partial charge is 0.445 e. The molecule has 2 aromatic heterocycles. The molecule has 0 aliphatic heterocycles. The van der Waals surface area contributed by atoms with Crippen LogP contribution in [0.4, 0.5) is 14.5 Å². The summed E-state index contributed by atoms with van der Waals surface area (Å²) in [6.45, 7) is 2.46. The molecule has 4 unspecified atom stereocenters. The number of alkyl halides is 2. The molecule has 4 fully saturated rings. The van der Waals surface area contributed by atoms with Gasteiger partial charge in [0.15, 0.2) is 5.82 Å². The van der Waals surface area contributed by atoms with E-state index in [2.05, 4.69) is 15.1 Å². The van der Waals surface area contributed by atoms with Gasteiger partial charge < -0.3 is 13.8 Å². The van der Waals surface area contributed by atoms with E-state index in [1.165, 1.54) is 0 Å². The fourth-order valence-electron chi connectivity index (χ4n) is 7.48. The number of hydrogen-bond acceptors (Lipinski definition) is 6. The average molecular weight is 551 g/mol. The van der Waals surface area contributed by atoms with Gasteiger partial charge in [-0.2, -0.15) is 4.98 Å². The molecule has 7 rings (SSSR count). The minimum atomic E-state index is -2.78. The van der Waals surface area contributed by atoms with Crippen molar-refractivity contribution in [3.63, 3.8) is 0 Å². The molecule has 1 aromatic carbocycles. The lowest BCUT2D eigenvalue weighted by atomic mass is 9.58. The van der Waals surface area contributed by atoms with Crippen molar-refractivity contribution in [2.24, 2.45) is 17.8 Å². The summed E-state index contributed by atoms with van der Waals surface area (Å²) in [6, 6.07) is 7.58. The van der Waals surface area contributed by atoms with Crippen molar-refractivity contribution in [2.75, 3.05) is 11.4 Å². The Labute approximate surface area is 232 Å². The molecule has 7 nitrogen and oxygen atoms in total. The van der Waals surface area contributed by atoms with E-state index in [0.717, 1.165) is 74.4 Å². The number of oxazole rings is 1. The van der Waals surface area contributed by atoms with Crippen molar-refractivity contribution < 1.29 is 22.5 Å². The van der Waals surface area contributed by atoms with Crippen LogP contribution in [0.5, 0.6) is 0 Å². The van der Waals surface area contributed by atoms with Gasteiger partial charge in [0.2, 0.25) is 17.7 Å². The van der Waals surface area contributed by atoms with E-state index in [0.29, 0.717) is 30.0 Å². The lowest BCUT2D eigenvalue weighted by Gasteiger charge is -2.48. The Bertz CT molecular complexity index is 1400. The molecule has 4 aliphatic carbocycles. The number of aryl methyl sites for hydroxylation is 1. The van der Waals surface area contributed by atoms with E-state index in [1.54, 1.807) is 4.90 Å². The van der Waals surface area contributed by atoms with Crippen molar-refractivity contribution in [2.45, 2.75) is 94.8 Å². The number of aromatic nitrogens is 3. The van der Waals surface area contributed by atoms with Crippen molar-refractivity contribution in [1.29, 1.82) is 0 Å². The number of hydrogen-bond donors (Lipinski definition) is 0. The molecule has 1 amide bonds. The highest BCUT2D eigenvalue weighted by atomic mass is 19.3. The third kappa shape index (κ3) is 4.85. The first-order valence-electron chi connectivity index (χ1n) is 14.8. The van der Waals surface area contributed by atoms with Crippen molar-refractivity contribution in [1.82, 2.24) is 15.1 Å². The van der Waals surface area contributed by atoms with Crippen LogP contribution < -0.4 is 4.90 Å². The quantitative estimate of drug-likeness (QED) is 0.309. The standard InChI is InChI=1S/C31H36F2N4O3/c1-19-17-34-29(39-19)30-11-3-5-22(15-30)24(9-12-30)18-37(28(38)23-10-13-31(32,33)16-23)25-6-2-4-21(14-25)27-35-26(36-40-27)20-7-8-20/h2,4,6,14,17,20,22-24H,3,5,7-13,15-16,18H2,1H3. The van der Waals surface area contributed by atoms with Gasteiger partial charge in [-0.25, -0.2) is 13.8 Å². The molecule has 3 aromatic rings. The predicted molar refractivity (Wildman–Crippen MR) is 144 cm³/mol. The Morgan fingerprint density at radius 2 is 1.98 bits per heavy atom. The third-order valence-electron chi connectivity index (χ3n) is 9.84. The molecule has 2 bridgehead atoms. The second-order valence-electron chi connectivity index (χ2n) is 12.7. The SMILES string of the molecule is Cc1cnc(C23CCCC(C2)C(CN(C(=O)C2CCC(F)(F)C2)c2cccc(-c4nc(C5CC5)no4)c2)CC3)o1. The van der Waals surface area contributed by atoms with Crippen molar-refractivity contribution >= 4 is 11.6 Å². The van der Waals surface area contributed by atoms with Gasteiger partial charge in [-0.05, 0) is 81.9 Å². The minimum absolute atomic E-state index is 0.0346. The van der Waals surface area contributed by atoms with Gasteiger partial charge in [0.05, 0.1) is 6.20 Å². The monoisotopic (exact) mass is 550 g/mol. The van der Waals surface area contributed by atoms with Gasteiger partial charge in [0, 0.05) is 47.9 Å². The molecule has 9 heteroatoms. The number of amides is 1. The lowest BCUT2D eigenvalue weighted by Crippen LogP contribution is -2.47. The summed E-state index contributed by atoms with van der Waals surface area (Å²) in [5, 5.41) is 4.14. The third-order valence-corrected chi connectivity index (χ3v) is 9.84. The molecule has 0 saturated heterocycles. The maximum atomic E-state index is 14.2. The highest BCUT2D eigenvalue weighted by Crippen LogP contribution is 2.53. The number of halogens is 2. The lowest BCUT2D eigenvalue weighted by molar-refractivity contribution is -0.123. The van der Waals surface area contributed by atoms with Gasteiger partial charge in [-0.1, -0.05) is 24.1 Å². The molecule has 4 saturated carbocycles. The van der Waals surface area contributed by atoms with E-state index in [4.69, 9.17) is 8.94 Å². The van der Waals surface area contributed by atoms with Gasteiger partial charge in [-0.3, -0.25) is 4.79 Å². The second kappa shape index (κ2) is 9.77. The first kappa shape index (κ1) is 25.8. The minimum Gasteiger partial charge on any atom is -0.445 e. The molecular weight excluding hydrogens is 514 g/mol. The Morgan fingerprint density at radius 1 is 1.10 bits per heavy atom. The smallest absolute Gasteiger partial charge is 0.258 e. The predicted octanol–water partition coefficient (Wildman–Crippen LogP) is 7.22. The van der Waals surface area contributed by atoms with Crippen LogP contribution in [-0.2, 0) is 10.2 Å². The highest BCUT2D eigenvalue weighted by molar-refractivity contribution is 5.95. The molecule has 0 radical (unpaired) electrons. The number of benzene rings is 1. The van der Waals surface area contributed by atoms with E-state index < -0.39 is 11.8 Å². The maximum absolute atomic E-state index is 14.2. The highest BCUT2D eigenvalue weighted by Gasteiger charge is 2.49. The summed E-state index contributed by atoms with van der Waals surface area (Å²) >= 11 is 0. The maximum Gasteiger partial charge on any atom is 0.258 e.